The van der Waals surface area contributed by atoms with Gasteiger partial charge in [-0.2, -0.15) is 0 Å². The molecule has 2 heterocycles. The Balaban J connectivity index is 0.000000311. The van der Waals surface area contributed by atoms with Crippen LogP contribution in [0.5, 0.6) is 0 Å². The van der Waals surface area contributed by atoms with Gasteiger partial charge < -0.3 is 4.90 Å². The van der Waals surface area contributed by atoms with Crippen molar-refractivity contribution >= 4 is 0 Å². The minimum Gasteiger partial charge on any atom is -0.302 e. The Bertz CT molecular complexity index is 419. The van der Waals surface area contributed by atoms with E-state index in [1.165, 1.54) is 97.3 Å². The van der Waals surface area contributed by atoms with Gasteiger partial charge in [-0.25, -0.2) is 0 Å². The third-order valence-electron chi connectivity index (χ3n) is 7.54. The Morgan fingerprint density at radius 1 is 0.742 bits per heavy atom. The SMILES string of the molecule is CCCN1CCCCC1CN(CC)CC.CCN(CC1CCCCN1C(C)C)C(C)C. The average Bonchev–Trinajstić information content (AvgIpc) is 2.77. The Hall–Kier alpha value is -0.160. The van der Waals surface area contributed by atoms with E-state index in [0.717, 1.165) is 12.1 Å². The summed E-state index contributed by atoms with van der Waals surface area (Å²) in [5.41, 5.74) is 0. The predicted molar refractivity (Wildman–Crippen MR) is 139 cm³/mol. The maximum absolute atomic E-state index is 2.71. The number of likely N-dealkylation sites (N-methyl/N-ethyl adjacent to an activating group) is 2. The molecule has 186 valence electrons. The average molecular weight is 439 g/mol. The van der Waals surface area contributed by atoms with E-state index < -0.39 is 0 Å². The Morgan fingerprint density at radius 2 is 1.35 bits per heavy atom. The zero-order chi connectivity index (χ0) is 23.2. The number of nitrogens with zero attached hydrogens (tertiary/aromatic N) is 4. The Labute approximate surface area is 196 Å². The molecule has 2 saturated heterocycles. The highest BCUT2D eigenvalue weighted by Crippen LogP contribution is 2.21. The second-order valence-corrected chi connectivity index (χ2v) is 10.3. The van der Waals surface area contributed by atoms with Gasteiger partial charge in [0.15, 0.2) is 0 Å². The van der Waals surface area contributed by atoms with Crippen LogP contribution in [-0.4, -0.2) is 96.1 Å². The summed E-state index contributed by atoms with van der Waals surface area (Å²) in [6.45, 7) is 28.5. The molecule has 0 N–H and O–H groups in total. The Morgan fingerprint density at radius 3 is 1.87 bits per heavy atom. The molecule has 2 atom stereocenters. The molecule has 0 bridgehead atoms. The normalized spacial score (nSPS) is 23.6. The monoisotopic (exact) mass is 438 g/mol. The lowest BCUT2D eigenvalue weighted by Crippen LogP contribution is -2.50. The summed E-state index contributed by atoms with van der Waals surface area (Å²) >= 11 is 0. The van der Waals surface area contributed by atoms with Crippen LogP contribution < -0.4 is 0 Å². The van der Waals surface area contributed by atoms with Gasteiger partial charge in [0.05, 0.1) is 0 Å². The fourth-order valence-electron chi connectivity index (χ4n) is 5.50. The summed E-state index contributed by atoms with van der Waals surface area (Å²) in [5, 5.41) is 0. The van der Waals surface area contributed by atoms with E-state index in [4.69, 9.17) is 0 Å². The van der Waals surface area contributed by atoms with Crippen LogP contribution in [0.4, 0.5) is 0 Å². The summed E-state index contributed by atoms with van der Waals surface area (Å²) in [5.74, 6) is 0. The first-order valence-corrected chi connectivity index (χ1v) is 13.8. The highest BCUT2D eigenvalue weighted by Gasteiger charge is 2.26. The fourth-order valence-corrected chi connectivity index (χ4v) is 5.50. The number of rotatable bonds is 11. The number of likely N-dealkylation sites (tertiary alicyclic amines) is 2. The third-order valence-corrected chi connectivity index (χ3v) is 7.54. The smallest absolute Gasteiger partial charge is 0.0225 e. The summed E-state index contributed by atoms with van der Waals surface area (Å²) in [6, 6.07) is 3.01. The lowest BCUT2D eigenvalue weighted by Gasteiger charge is -2.41. The summed E-state index contributed by atoms with van der Waals surface area (Å²) < 4.78 is 0. The van der Waals surface area contributed by atoms with Gasteiger partial charge >= 0.3 is 0 Å². The molecular weight excluding hydrogens is 380 g/mol. The minimum absolute atomic E-state index is 0.681. The van der Waals surface area contributed by atoms with E-state index in [1.54, 1.807) is 0 Å². The van der Waals surface area contributed by atoms with Gasteiger partial charge in [-0.3, -0.25) is 14.7 Å². The quantitative estimate of drug-likeness (QED) is 0.418. The van der Waals surface area contributed by atoms with Gasteiger partial charge in [0.1, 0.15) is 0 Å². The van der Waals surface area contributed by atoms with Crippen LogP contribution in [0.15, 0.2) is 0 Å². The zero-order valence-corrected chi connectivity index (χ0v) is 22.7. The van der Waals surface area contributed by atoms with E-state index in [0.29, 0.717) is 12.1 Å². The van der Waals surface area contributed by atoms with Crippen LogP contribution in [0.1, 0.15) is 100 Å². The van der Waals surface area contributed by atoms with Crippen molar-refractivity contribution in [1.82, 2.24) is 19.6 Å². The maximum atomic E-state index is 2.71. The molecule has 2 aliphatic rings. The maximum Gasteiger partial charge on any atom is 0.0225 e. The molecule has 2 fully saturated rings. The van der Waals surface area contributed by atoms with Crippen molar-refractivity contribution in [2.24, 2.45) is 0 Å². The number of hydrogen-bond donors (Lipinski definition) is 0. The minimum atomic E-state index is 0.681. The van der Waals surface area contributed by atoms with E-state index in [9.17, 15) is 0 Å². The van der Waals surface area contributed by atoms with Crippen LogP contribution in [0, 0.1) is 0 Å². The highest BCUT2D eigenvalue weighted by molar-refractivity contribution is 4.83. The topological polar surface area (TPSA) is 13.0 Å². The molecule has 0 spiro atoms. The molecule has 2 aliphatic heterocycles. The summed E-state index contributed by atoms with van der Waals surface area (Å²) in [6.07, 6.45) is 9.76. The molecule has 0 aliphatic carbocycles. The Kier molecular flexibility index (Phi) is 15.3. The molecule has 0 aromatic carbocycles. The molecule has 0 saturated carbocycles. The van der Waals surface area contributed by atoms with Crippen molar-refractivity contribution in [2.75, 3.05) is 52.4 Å². The van der Waals surface area contributed by atoms with Crippen molar-refractivity contribution < 1.29 is 0 Å². The lowest BCUT2D eigenvalue weighted by molar-refractivity contribution is 0.0700. The van der Waals surface area contributed by atoms with Gasteiger partial charge in [-0.05, 0) is 99.1 Å². The van der Waals surface area contributed by atoms with Crippen LogP contribution in [-0.2, 0) is 0 Å². The molecule has 4 heteroatoms. The standard InChI is InChI=1S/C14H30N2.C13H28N2/c1-6-15(12(2)3)11-14-9-7-8-10-16(14)13(4)5;1-4-10-15-11-8-7-9-13(15)12-14(5-2)6-3/h12-14H,6-11H2,1-5H3;13H,4-12H2,1-3H3. The van der Waals surface area contributed by atoms with Gasteiger partial charge in [0.2, 0.25) is 0 Å². The fraction of sp³-hybridized carbons (Fsp3) is 1.00. The molecule has 0 aromatic heterocycles. The van der Waals surface area contributed by atoms with Crippen LogP contribution in [0.25, 0.3) is 0 Å². The van der Waals surface area contributed by atoms with Crippen molar-refractivity contribution in [1.29, 1.82) is 0 Å². The summed E-state index contributed by atoms with van der Waals surface area (Å²) in [4.78, 5) is 10.6. The first-order chi connectivity index (χ1) is 14.9. The zero-order valence-electron chi connectivity index (χ0n) is 22.7. The lowest BCUT2D eigenvalue weighted by atomic mass is 9.99. The van der Waals surface area contributed by atoms with Crippen LogP contribution >= 0.6 is 0 Å². The van der Waals surface area contributed by atoms with Gasteiger partial charge in [-0.15, -0.1) is 0 Å². The molecule has 2 unspecified atom stereocenters. The van der Waals surface area contributed by atoms with Crippen LogP contribution in [0.2, 0.25) is 0 Å². The molecule has 2 rings (SSSR count). The third kappa shape index (κ3) is 10.5. The van der Waals surface area contributed by atoms with Crippen molar-refractivity contribution in [3.63, 3.8) is 0 Å². The second kappa shape index (κ2) is 16.5. The largest absolute Gasteiger partial charge is 0.302 e. The van der Waals surface area contributed by atoms with E-state index in [-0.39, 0.29) is 0 Å². The summed E-state index contributed by atoms with van der Waals surface area (Å²) in [7, 11) is 0. The molecule has 31 heavy (non-hydrogen) atoms. The van der Waals surface area contributed by atoms with Gasteiger partial charge in [0, 0.05) is 37.3 Å². The first-order valence-electron chi connectivity index (χ1n) is 13.8. The molecule has 0 amide bonds. The number of hydrogen-bond acceptors (Lipinski definition) is 4. The molecule has 4 nitrogen and oxygen atoms in total. The predicted octanol–water partition coefficient (Wildman–Crippen LogP) is 5.57. The van der Waals surface area contributed by atoms with Crippen LogP contribution in [0.3, 0.4) is 0 Å². The van der Waals surface area contributed by atoms with Crippen molar-refractivity contribution in [3.8, 4) is 0 Å². The van der Waals surface area contributed by atoms with E-state index in [2.05, 4.69) is 75.0 Å². The van der Waals surface area contributed by atoms with Crippen molar-refractivity contribution in [2.45, 2.75) is 125 Å². The highest BCUT2D eigenvalue weighted by atomic mass is 15.2. The van der Waals surface area contributed by atoms with E-state index in [1.807, 2.05) is 0 Å². The molecular formula is C27H58N4. The number of piperidine rings is 2. The van der Waals surface area contributed by atoms with Crippen molar-refractivity contribution in [3.05, 3.63) is 0 Å². The van der Waals surface area contributed by atoms with Gasteiger partial charge in [-0.1, -0.05) is 40.5 Å². The van der Waals surface area contributed by atoms with Gasteiger partial charge in [0.25, 0.3) is 0 Å². The molecule has 0 aromatic rings. The first kappa shape index (κ1) is 28.9. The second-order valence-electron chi connectivity index (χ2n) is 10.3. The molecule has 0 radical (unpaired) electrons. The van der Waals surface area contributed by atoms with E-state index >= 15 is 0 Å².